The van der Waals surface area contributed by atoms with Crippen molar-refractivity contribution in [2.45, 2.75) is 19.8 Å². The van der Waals surface area contributed by atoms with Crippen molar-refractivity contribution in [2.75, 3.05) is 13.1 Å². The van der Waals surface area contributed by atoms with E-state index in [1.165, 1.54) is 6.07 Å². The third-order valence-corrected chi connectivity index (χ3v) is 3.71. The van der Waals surface area contributed by atoms with Crippen molar-refractivity contribution in [1.29, 1.82) is 0 Å². The van der Waals surface area contributed by atoms with Gasteiger partial charge in [-0.15, -0.1) is 0 Å². The zero-order valence-corrected chi connectivity index (χ0v) is 11.0. The first-order valence-corrected chi connectivity index (χ1v) is 6.46. The monoisotopic (exact) mass is 261 g/mol. The Balaban J connectivity index is 1.90. The fourth-order valence-electron chi connectivity index (χ4n) is 2.38. The normalized spacial score (nSPS) is 22.9. The first kappa shape index (κ1) is 12.3. The van der Waals surface area contributed by atoms with Crippen molar-refractivity contribution >= 4 is 0 Å². The predicted molar refractivity (Wildman–Crippen MR) is 69.2 cm³/mol. The molecule has 19 heavy (non-hydrogen) atoms. The maximum atomic E-state index is 13.5. The zero-order valence-electron chi connectivity index (χ0n) is 11.0. The molecule has 2 atom stereocenters. The van der Waals surface area contributed by atoms with Crippen molar-refractivity contribution in [3.8, 4) is 11.4 Å². The smallest absolute Gasteiger partial charge is 0.231 e. The lowest BCUT2D eigenvalue weighted by atomic mass is 9.98. The summed E-state index contributed by atoms with van der Waals surface area (Å²) < 4.78 is 18.9. The van der Waals surface area contributed by atoms with Crippen molar-refractivity contribution < 1.29 is 8.91 Å². The maximum absolute atomic E-state index is 13.5. The van der Waals surface area contributed by atoms with Crippen LogP contribution in [0.4, 0.5) is 4.39 Å². The lowest BCUT2D eigenvalue weighted by molar-refractivity contribution is 0.340. The van der Waals surface area contributed by atoms with E-state index < -0.39 is 0 Å². The molecule has 1 saturated heterocycles. The Morgan fingerprint density at radius 3 is 2.89 bits per heavy atom. The van der Waals surface area contributed by atoms with Crippen molar-refractivity contribution in [3.63, 3.8) is 0 Å². The predicted octanol–water partition coefficient (Wildman–Crippen LogP) is 2.51. The van der Waals surface area contributed by atoms with Crippen LogP contribution in [0.3, 0.4) is 0 Å². The van der Waals surface area contributed by atoms with Gasteiger partial charge < -0.3 is 9.84 Å². The highest BCUT2D eigenvalue weighted by atomic mass is 19.1. The van der Waals surface area contributed by atoms with E-state index in [1.54, 1.807) is 13.0 Å². The van der Waals surface area contributed by atoms with E-state index in [0.717, 1.165) is 13.1 Å². The van der Waals surface area contributed by atoms with Gasteiger partial charge >= 0.3 is 0 Å². The van der Waals surface area contributed by atoms with E-state index >= 15 is 0 Å². The second kappa shape index (κ2) is 4.74. The van der Waals surface area contributed by atoms with Crippen molar-refractivity contribution in [3.05, 3.63) is 35.5 Å². The zero-order chi connectivity index (χ0) is 13.4. The minimum absolute atomic E-state index is 0.247. The summed E-state index contributed by atoms with van der Waals surface area (Å²) in [7, 11) is 0. The molecule has 1 aliphatic heterocycles. The van der Waals surface area contributed by atoms with Gasteiger partial charge in [0.05, 0.1) is 5.92 Å². The van der Waals surface area contributed by atoms with Crippen LogP contribution in [0, 0.1) is 18.7 Å². The number of benzene rings is 1. The number of aryl methyl sites for hydroxylation is 1. The first-order chi connectivity index (χ1) is 9.15. The molecule has 5 heteroatoms. The van der Waals surface area contributed by atoms with Crippen LogP contribution in [0.25, 0.3) is 11.4 Å². The second-order valence-electron chi connectivity index (χ2n) is 5.16. The Labute approximate surface area is 111 Å². The van der Waals surface area contributed by atoms with Gasteiger partial charge in [0, 0.05) is 12.1 Å². The number of rotatable bonds is 2. The molecule has 1 aromatic heterocycles. The van der Waals surface area contributed by atoms with Crippen LogP contribution < -0.4 is 5.32 Å². The largest absolute Gasteiger partial charge is 0.339 e. The summed E-state index contributed by atoms with van der Waals surface area (Å²) in [5, 5.41) is 7.25. The van der Waals surface area contributed by atoms with Gasteiger partial charge in [0.25, 0.3) is 0 Å². The van der Waals surface area contributed by atoms with E-state index in [9.17, 15) is 4.39 Å². The number of aromatic nitrogens is 2. The van der Waals surface area contributed by atoms with Crippen LogP contribution in [-0.2, 0) is 0 Å². The molecule has 2 aromatic rings. The number of hydrogen-bond acceptors (Lipinski definition) is 4. The molecule has 2 heterocycles. The van der Waals surface area contributed by atoms with Gasteiger partial charge in [-0.1, -0.05) is 24.2 Å². The molecule has 0 radical (unpaired) electrons. The molecular weight excluding hydrogens is 245 g/mol. The Morgan fingerprint density at radius 1 is 1.37 bits per heavy atom. The van der Waals surface area contributed by atoms with E-state index in [-0.39, 0.29) is 11.7 Å². The van der Waals surface area contributed by atoms with Crippen molar-refractivity contribution in [1.82, 2.24) is 15.5 Å². The van der Waals surface area contributed by atoms with Gasteiger partial charge in [-0.05, 0) is 31.0 Å². The summed E-state index contributed by atoms with van der Waals surface area (Å²) in [6, 6.07) is 4.98. The third kappa shape index (κ3) is 2.26. The lowest BCUT2D eigenvalue weighted by Gasteiger charge is -2.07. The van der Waals surface area contributed by atoms with Crippen LogP contribution >= 0.6 is 0 Å². The lowest BCUT2D eigenvalue weighted by Crippen LogP contribution is -2.08. The summed E-state index contributed by atoms with van der Waals surface area (Å²) in [5.41, 5.74) is 1.26. The van der Waals surface area contributed by atoms with Crippen LogP contribution in [0.5, 0.6) is 0 Å². The van der Waals surface area contributed by atoms with E-state index in [1.807, 2.05) is 6.07 Å². The summed E-state index contributed by atoms with van der Waals surface area (Å²) in [5.74, 6) is 1.56. The number of nitrogens with one attached hydrogen (secondary N) is 1. The van der Waals surface area contributed by atoms with Crippen molar-refractivity contribution in [2.24, 2.45) is 5.92 Å². The maximum Gasteiger partial charge on any atom is 0.231 e. The van der Waals surface area contributed by atoms with E-state index in [2.05, 4.69) is 22.4 Å². The fraction of sp³-hybridized carbons (Fsp3) is 0.429. The number of halogens is 1. The Hall–Kier alpha value is -1.75. The molecule has 0 spiro atoms. The molecule has 3 rings (SSSR count). The quantitative estimate of drug-likeness (QED) is 0.902. The van der Waals surface area contributed by atoms with Crippen LogP contribution in [0.1, 0.15) is 24.3 Å². The molecule has 0 amide bonds. The number of nitrogens with zero attached hydrogens (tertiary/aromatic N) is 2. The third-order valence-electron chi connectivity index (χ3n) is 3.71. The molecule has 1 N–H and O–H groups in total. The van der Waals surface area contributed by atoms with Gasteiger partial charge in [0.15, 0.2) is 0 Å². The molecule has 2 unspecified atom stereocenters. The van der Waals surface area contributed by atoms with Crippen LogP contribution in [0.2, 0.25) is 0 Å². The highest BCUT2D eigenvalue weighted by molar-refractivity contribution is 5.55. The molecule has 100 valence electrons. The minimum Gasteiger partial charge on any atom is -0.339 e. The average Bonchev–Trinajstić information content (AvgIpc) is 3.01. The summed E-state index contributed by atoms with van der Waals surface area (Å²) >= 11 is 0. The Bertz CT molecular complexity index is 596. The van der Waals surface area contributed by atoms with Gasteiger partial charge in [0.2, 0.25) is 11.7 Å². The summed E-state index contributed by atoms with van der Waals surface area (Å²) in [6.07, 6.45) is 0. The van der Waals surface area contributed by atoms with E-state index in [0.29, 0.717) is 28.8 Å². The van der Waals surface area contributed by atoms with E-state index in [4.69, 9.17) is 4.52 Å². The molecule has 1 fully saturated rings. The van der Waals surface area contributed by atoms with Gasteiger partial charge in [0.1, 0.15) is 5.82 Å². The molecule has 1 aliphatic rings. The highest BCUT2D eigenvalue weighted by Gasteiger charge is 2.29. The second-order valence-corrected chi connectivity index (χ2v) is 5.16. The fourth-order valence-corrected chi connectivity index (χ4v) is 2.38. The van der Waals surface area contributed by atoms with Crippen LogP contribution in [0.15, 0.2) is 22.7 Å². The van der Waals surface area contributed by atoms with Crippen LogP contribution in [-0.4, -0.2) is 23.2 Å². The number of hydrogen-bond donors (Lipinski definition) is 1. The van der Waals surface area contributed by atoms with Gasteiger partial charge in [-0.3, -0.25) is 0 Å². The molecule has 0 aliphatic carbocycles. The molecule has 0 saturated carbocycles. The SMILES string of the molecule is Cc1ccc(-c2noc(C3CNCC3C)n2)cc1F. The minimum atomic E-state index is -0.250. The van der Waals surface area contributed by atoms with Gasteiger partial charge in [-0.25, -0.2) is 4.39 Å². The molecule has 4 nitrogen and oxygen atoms in total. The Kier molecular flexibility index (Phi) is 3.06. The summed E-state index contributed by atoms with van der Waals surface area (Å²) in [4.78, 5) is 4.40. The average molecular weight is 261 g/mol. The summed E-state index contributed by atoms with van der Waals surface area (Å²) in [6.45, 7) is 5.69. The standard InChI is InChI=1S/C14H16FN3O/c1-8-3-4-10(5-12(8)15)13-17-14(19-18-13)11-7-16-6-9(11)2/h3-5,9,11,16H,6-7H2,1-2H3. The first-order valence-electron chi connectivity index (χ1n) is 6.46. The highest BCUT2D eigenvalue weighted by Crippen LogP contribution is 2.28. The van der Waals surface area contributed by atoms with Gasteiger partial charge in [-0.2, -0.15) is 4.98 Å². The molecule has 1 aromatic carbocycles. The molecular formula is C14H16FN3O. The Morgan fingerprint density at radius 2 is 2.21 bits per heavy atom. The topological polar surface area (TPSA) is 51.0 Å². The molecule has 0 bridgehead atoms.